The fourth-order valence-corrected chi connectivity index (χ4v) is 4.19. The van der Waals surface area contributed by atoms with Gasteiger partial charge in [0.05, 0.1) is 5.69 Å². The van der Waals surface area contributed by atoms with E-state index in [0.29, 0.717) is 24.0 Å². The monoisotopic (exact) mass is 435 g/mol. The molecular weight excluding hydrogens is 408 g/mol. The summed E-state index contributed by atoms with van der Waals surface area (Å²) in [5.74, 6) is 0.481. The maximum atomic E-state index is 14.3. The third-order valence-electron chi connectivity index (χ3n) is 5.87. The number of fused-ring (bicyclic) bond motifs is 1. The van der Waals surface area contributed by atoms with Gasteiger partial charge in [-0.05, 0) is 59.2 Å². The van der Waals surface area contributed by atoms with E-state index < -0.39 is 6.67 Å². The maximum absolute atomic E-state index is 14.3. The van der Waals surface area contributed by atoms with Crippen LogP contribution < -0.4 is 9.64 Å². The largest absolute Gasteiger partial charge is 0.487 e. The number of aldehydes is 1. The Morgan fingerprint density at radius 3 is 2.53 bits per heavy atom. The lowest BCUT2D eigenvalue weighted by atomic mass is 10.00. The minimum absolute atomic E-state index is 0.264. The summed E-state index contributed by atoms with van der Waals surface area (Å²) >= 11 is 0. The first-order valence-electron chi connectivity index (χ1n) is 11.0. The summed E-state index contributed by atoms with van der Waals surface area (Å²) < 4.78 is 33.3. The van der Waals surface area contributed by atoms with Crippen molar-refractivity contribution in [3.8, 4) is 5.75 Å². The van der Waals surface area contributed by atoms with Gasteiger partial charge in [0.2, 0.25) is 0 Å². The fraction of sp³-hybridized carbons (Fsp3) is 0.296. The van der Waals surface area contributed by atoms with Crippen molar-refractivity contribution >= 4 is 12.0 Å². The Balaban J connectivity index is 1.50. The van der Waals surface area contributed by atoms with Gasteiger partial charge in [-0.2, -0.15) is 0 Å². The van der Waals surface area contributed by atoms with Crippen molar-refractivity contribution in [2.45, 2.75) is 45.5 Å². The number of hydrogen-bond donors (Lipinski definition) is 0. The van der Waals surface area contributed by atoms with Crippen LogP contribution in [0, 0.1) is 5.82 Å². The number of ether oxygens (including phenoxy) is 1. The summed E-state index contributed by atoms with van der Waals surface area (Å²) in [5.41, 5.74) is 5.42. The standard InChI is InChI=1S/C27H27F2NO2/c28-17-20-8-10-21(11-9-20)18-30-14-2-5-24-4-1-7-26(27(24)30)32-19-22-12-13-23(6-3-15-31)25(29)16-22/h1,4,7-13,15-16H,2-3,5-6,14,17-19H2. The Bertz CT molecular complexity index is 1070. The van der Waals surface area contributed by atoms with Gasteiger partial charge in [-0.15, -0.1) is 0 Å². The van der Waals surface area contributed by atoms with Crippen molar-refractivity contribution in [3.05, 3.63) is 94.3 Å². The number of aryl methyl sites for hydroxylation is 2. The third-order valence-corrected chi connectivity index (χ3v) is 5.87. The number of carbonyl (C=O) groups is 1. The highest BCUT2D eigenvalue weighted by Gasteiger charge is 2.21. The smallest absolute Gasteiger partial charge is 0.143 e. The molecule has 1 aliphatic heterocycles. The van der Waals surface area contributed by atoms with Gasteiger partial charge in [-0.1, -0.05) is 48.5 Å². The van der Waals surface area contributed by atoms with E-state index in [2.05, 4.69) is 11.0 Å². The normalized spacial score (nSPS) is 13.0. The van der Waals surface area contributed by atoms with Crippen molar-refractivity contribution < 1.29 is 18.3 Å². The molecule has 3 aromatic carbocycles. The topological polar surface area (TPSA) is 29.5 Å². The van der Waals surface area contributed by atoms with Crippen LogP contribution in [0.15, 0.2) is 60.7 Å². The summed E-state index contributed by atoms with van der Waals surface area (Å²) in [7, 11) is 0. The molecule has 0 N–H and O–H groups in total. The van der Waals surface area contributed by atoms with E-state index in [-0.39, 0.29) is 12.4 Å². The Morgan fingerprint density at radius 2 is 1.78 bits per heavy atom. The summed E-state index contributed by atoms with van der Waals surface area (Å²) in [6.45, 7) is 1.45. The number of halogens is 2. The molecule has 0 unspecified atom stereocenters. The Morgan fingerprint density at radius 1 is 1.00 bits per heavy atom. The number of para-hydroxylation sites is 1. The zero-order chi connectivity index (χ0) is 22.3. The average molecular weight is 436 g/mol. The Hall–Kier alpha value is -3.21. The molecule has 0 amide bonds. The lowest BCUT2D eigenvalue weighted by molar-refractivity contribution is -0.107. The van der Waals surface area contributed by atoms with Crippen LogP contribution in [-0.4, -0.2) is 12.8 Å². The second kappa shape index (κ2) is 10.4. The zero-order valence-corrected chi connectivity index (χ0v) is 18.0. The van der Waals surface area contributed by atoms with Crippen LogP contribution in [0.1, 0.15) is 40.7 Å². The molecule has 0 atom stereocenters. The van der Waals surface area contributed by atoms with Gasteiger partial charge < -0.3 is 14.4 Å². The van der Waals surface area contributed by atoms with Gasteiger partial charge in [-0.3, -0.25) is 0 Å². The number of anilines is 1. The molecule has 32 heavy (non-hydrogen) atoms. The number of alkyl halides is 1. The quantitative estimate of drug-likeness (QED) is 0.389. The first-order chi connectivity index (χ1) is 15.7. The first kappa shape index (κ1) is 22.0. The van der Waals surface area contributed by atoms with Crippen LogP contribution in [0.5, 0.6) is 5.75 Å². The predicted octanol–water partition coefficient (Wildman–Crippen LogP) is 5.96. The van der Waals surface area contributed by atoms with Crippen LogP contribution >= 0.6 is 0 Å². The van der Waals surface area contributed by atoms with Crippen LogP contribution in [0.3, 0.4) is 0 Å². The highest BCUT2D eigenvalue weighted by atomic mass is 19.1. The van der Waals surface area contributed by atoms with Gasteiger partial charge in [0, 0.05) is 19.5 Å². The zero-order valence-electron chi connectivity index (χ0n) is 18.0. The van der Waals surface area contributed by atoms with Crippen LogP contribution in [0.4, 0.5) is 14.5 Å². The molecule has 0 saturated heterocycles. The number of rotatable bonds is 9. The van der Waals surface area contributed by atoms with Gasteiger partial charge >= 0.3 is 0 Å². The van der Waals surface area contributed by atoms with E-state index in [1.807, 2.05) is 42.5 Å². The van der Waals surface area contributed by atoms with E-state index in [1.165, 1.54) is 11.6 Å². The second-order valence-electron chi connectivity index (χ2n) is 8.16. The van der Waals surface area contributed by atoms with E-state index >= 15 is 0 Å². The molecule has 3 nitrogen and oxygen atoms in total. The molecule has 3 aromatic rings. The highest BCUT2D eigenvalue weighted by molar-refractivity contribution is 5.65. The molecule has 0 bridgehead atoms. The van der Waals surface area contributed by atoms with Crippen molar-refractivity contribution in [1.82, 2.24) is 0 Å². The van der Waals surface area contributed by atoms with Gasteiger partial charge in [0.15, 0.2) is 0 Å². The number of hydrogen-bond acceptors (Lipinski definition) is 3. The maximum Gasteiger partial charge on any atom is 0.143 e. The van der Waals surface area contributed by atoms with E-state index in [0.717, 1.165) is 54.8 Å². The average Bonchev–Trinajstić information content (AvgIpc) is 2.82. The lowest BCUT2D eigenvalue weighted by Gasteiger charge is -2.33. The first-order valence-corrected chi connectivity index (χ1v) is 11.0. The van der Waals surface area contributed by atoms with E-state index in [4.69, 9.17) is 4.74 Å². The van der Waals surface area contributed by atoms with Gasteiger partial charge in [0.25, 0.3) is 0 Å². The molecule has 0 saturated carbocycles. The number of benzene rings is 3. The molecule has 0 aromatic heterocycles. The second-order valence-corrected chi connectivity index (χ2v) is 8.16. The van der Waals surface area contributed by atoms with Gasteiger partial charge in [-0.25, -0.2) is 8.78 Å². The molecule has 0 fully saturated rings. The minimum atomic E-state index is -0.455. The van der Waals surface area contributed by atoms with Crippen LogP contribution in [0.2, 0.25) is 0 Å². The fourth-order valence-electron chi connectivity index (χ4n) is 4.19. The van der Waals surface area contributed by atoms with Crippen molar-refractivity contribution in [3.63, 3.8) is 0 Å². The molecule has 0 radical (unpaired) electrons. The van der Waals surface area contributed by atoms with Crippen molar-refractivity contribution in [2.75, 3.05) is 11.4 Å². The molecule has 1 aliphatic rings. The predicted molar refractivity (Wildman–Crippen MR) is 122 cm³/mol. The molecule has 5 heteroatoms. The lowest BCUT2D eigenvalue weighted by Crippen LogP contribution is -2.29. The highest BCUT2D eigenvalue weighted by Crippen LogP contribution is 2.37. The molecule has 4 rings (SSSR count). The van der Waals surface area contributed by atoms with E-state index in [1.54, 1.807) is 6.07 Å². The Labute approximate surface area is 187 Å². The summed E-state index contributed by atoms with van der Waals surface area (Å²) in [4.78, 5) is 12.8. The number of carbonyl (C=O) groups excluding carboxylic acids is 1. The molecule has 0 spiro atoms. The molecular formula is C27H27F2NO2. The van der Waals surface area contributed by atoms with Crippen LogP contribution in [-0.2, 0) is 37.5 Å². The van der Waals surface area contributed by atoms with Crippen molar-refractivity contribution in [1.29, 1.82) is 0 Å². The minimum Gasteiger partial charge on any atom is -0.487 e. The van der Waals surface area contributed by atoms with Crippen LogP contribution in [0.25, 0.3) is 0 Å². The summed E-state index contributed by atoms with van der Waals surface area (Å²) in [6.07, 6.45) is 3.58. The molecule has 0 aliphatic carbocycles. The SMILES string of the molecule is O=CCCc1ccc(COc2cccc3c2N(Cc2ccc(CF)cc2)CCC3)cc1F. The third kappa shape index (κ3) is 5.16. The van der Waals surface area contributed by atoms with Crippen molar-refractivity contribution in [2.24, 2.45) is 0 Å². The molecule has 1 heterocycles. The number of nitrogens with zero attached hydrogens (tertiary/aromatic N) is 1. The Kier molecular flexibility index (Phi) is 7.15. The summed E-state index contributed by atoms with van der Waals surface area (Å²) in [6, 6.07) is 18.7. The molecule has 166 valence electrons. The summed E-state index contributed by atoms with van der Waals surface area (Å²) in [5, 5.41) is 0. The van der Waals surface area contributed by atoms with Gasteiger partial charge in [0.1, 0.15) is 31.1 Å². The van der Waals surface area contributed by atoms with E-state index in [9.17, 15) is 13.6 Å².